The van der Waals surface area contributed by atoms with Crippen molar-refractivity contribution in [3.63, 3.8) is 0 Å². The fraction of sp³-hybridized carbons (Fsp3) is 0.500. The van der Waals surface area contributed by atoms with E-state index in [1.807, 2.05) is 0 Å². The lowest BCUT2D eigenvalue weighted by Crippen LogP contribution is -2.36. The first-order valence-corrected chi connectivity index (χ1v) is 9.10. The third kappa shape index (κ3) is 10.2. The summed E-state index contributed by atoms with van der Waals surface area (Å²) >= 11 is 0. The Bertz CT molecular complexity index is 701. The molecule has 10 heteroatoms. The van der Waals surface area contributed by atoms with Gasteiger partial charge in [-0.1, -0.05) is 30.3 Å². The van der Waals surface area contributed by atoms with Crippen LogP contribution in [0.2, 0.25) is 0 Å². The normalized spacial score (nSPS) is 11.9. The minimum atomic E-state index is -2.17. The van der Waals surface area contributed by atoms with Gasteiger partial charge < -0.3 is 29.0 Å². The van der Waals surface area contributed by atoms with Gasteiger partial charge in [0.2, 0.25) is 5.76 Å². The van der Waals surface area contributed by atoms with Crippen LogP contribution in [-0.4, -0.2) is 51.3 Å². The molecule has 1 unspecified atom stereocenters. The molecule has 0 aliphatic carbocycles. The monoisotopic (exact) mass is 431 g/mol. The molecule has 0 bridgehead atoms. The number of benzene rings is 1. The van der Waals surface area contributed by atoms with E-state index in [9.17, 15) is 18.4 Å². The first-order chi connectivity index (χ1) is 14.1. The smallest absolute Gasteiger partial charge is 0.408 e. The Balaban J connectivity index is 2.83. The molecule has 0 aromatic heterocycles. The van der Waals surface area contributed by atoms with Crippen LogP contribution in [0.3, 0.4) is 0 Å². The average Bonchev–Trinajstić information content (AvgIpc) is 2.67. The molecule has 30 heavy (non-hydrogen) atoms. The molecule has 1 amide bonds. The van der Waals surface area contributed by atoms with Crippen molar-refractivity contribution in [1.29, 1.82) is 0 Å². The molecule has 1 rings (SSSR count). The molecule has 0 heterocycles. The molecule has 1 aromatic carbocycles. The third-order valence-electron chi connectivity index (χ3n) is 3.28. The van der Waals surface area contributed by atoms with E-state index in [1.165, 1.54) is 19.2 Å². The molecule has 8 nitrogen and oxygen atoms in total. The van der Waals surface area contributed by atoms with E-state index in [4.69, 9.17) is 23.7 Å². The number of hydrogen-bond donors (Lipinski definition) is 1. The van der Waals surface area contributed by atoms with Gasteiger partial charge in [0.15, 0.2) is 12.9 Å². The Morgan fingerprint density at radius 2 is 1.77 bits per heavy atom. The maximum atomic E-state index is 13.6. The number of hydrogen-bond acceptors (Lipinski definition) is 7. The summed E-state index contributed by atoms with van der Waals surface area (Å²) in [4.78, 5) is 23.8. The number of carbonyl (C=O) groups is 2. The Labute approximate surface area is 174 Å². The van der Waals surface area contributed by atoms with E-state index < -0.39 is 48.9 Å². The summed E-state index contributed by atoms with van der Waals surface area (Å²) in [5.41, 5.74) is -0.507. The topological polar surface area (TPSA) is 92.3 Å². The largest absolute Gasteiger partial charge is 0.462 e. The predicted octanol–water partition coefficient (Wildman–Crippen LogP) is 3.54. The van der Waals surface area contributed by atoms with Gasteiger partial charge in [-0.05, 0) is 20.8 Å². The zero-order valence-electron chi connectivity index (χ0n) is 17.4. The molecule has 0 spiro atoms. The van der Waals surface area contributed by atoms with E-state index in [-0.39, 0.29) is 18.8 Å². The Morgan fingerprint density at radius 3 is 2.33 bits per heavy atom. The average molecular weight is 431 g/mol. The zero-order valence-corrected chi connectivity index (χ0v) is 17.4. The number of halogens is 2. The second kappa shape index (κ2) is 12.8. The molecule has 1 aromatic rings. The van der Waals surface area contributed by atoms with Gasteiger partial charge in [-0.15, -0.1) is 0 Å². The summed E-state index contributed by atoms with van der Waals surface area (Å²) in [6.45, 7) is 4.29. The standard InChI is InChI=1S/C20H27F2NO7/c1-20(2,3)30-19(25)23-12-15(24)29-16(14-8-6-5-7-9-14)17(18(21)22)28-13-27-11-10-26-4/h5-9,16H,10-13H2,1-4H3,(H,23,25). The van der Waals surface area contributed by atoms with Crippen molar-refractivity contribution in [3.8, 4) is 0 Å². The van der Waals surface area contributed by atoms with Crippen molar-refractivity contribution in [2.75, 3.05) is 33.7 Å². The highest BCUT2D eigenvalue weighted by molar-refractivity contribution is 5.78. The number of nitrogens with one attached hydrogen (secondary N) is 1. The van der Waals surface area contributed by atoms with Gasteiger partial charge in [0.25, 0.3) is 0 Å². The summed E-state index contributed by atoms with van der Waals surface area (Å²) in [6.07, 6.45) is -4.55. The van der Waals surface area contributed by atoms with Gasteiger partial charge in [-0.2, -0.15) is 8.78 Å². The van der Waals surface area contributed by atoms with Crippen molar-refractivity contribution < 1.29 is 42.1 Å². The van der Waals surface area contributed by atoms with E-state index in [1.54, 1.807) is 39.0 Å². The van der Waals surface area contributed by atoms with Crippen molar-refractivity contribution in [2.45, 2.75) is 32.5 Å². The lowest BCUT2D eigenvalue weighted by Gasteiger charge is -2.22. The molecular formula is C20H27F2NO7. The SMILES string of the molecule is COCCOCOC(=C(F)F)C(OC(=O)CNC(=O)OC(C)(C)C)c1ccccc1. The second-order valence-electron chi connectivity index (χ2n) is 6.92. The van der Waals surface area contributed by atoms with Crippen LogP contribution in [0, 0.1) is 0 Å². The summed E-state index contributed by atoms with van der Waals surface area (Å²) in [5, 5.41) is 2.21. The van der Waals surface area contributed by atoms with E-state index >= 15 is 0 Å². The van der Waals surface area contributed by atoms with Crippen LogP contribution < -0.4 is 5.32 Å². The predicted molar refractivity (Wildman–Crippen MR) is 103 cm³/mol. The molecule has 0 saturated heterocycles. The molecule has 1 N–H and O–H groups in total. The van der Waals surface area contributed by atoms with Crippen molar-refractivity contribution >= 4 is 12.1 Å². The van der Waals surface area contributed by atoms with Crippen molar-refractivity contribution in [3.05, 3.63) is 47.7 Å². The number of esters is 1. The molecule has 0 aliphatic heterocycles. The number of amides is 1. The molecule has 0 aliphatic rings. The van der Waals surface area contributed by atoms with Gasteiger partial charge >= 0.3 is 18.1 Å². The maximum absolute atomic E-state index is 13.6. The third-order valence-corrected chi connectivity index (χ3v) is 3.28. The first-order valence-electron chi connectivity index (χ1n) is 9.10. The Morgan fingerprint density at radius 1 is 1.10 bits per heavy atom. The van der Waals surface area contributed by atoms with Gasteiger partial charge in [0, 0.05) is 12.7 Å². The highest BCUT2D eigenvalue weighted by atomic mass is 19.3. The van der Waals surface area contributed by atoms with Crippen LogP contribution >= 0.6 is 0 Å². The van der Waals surface area contributed by atoms with Crippen LogP contribution in [0.15, 0.2) is 42.2 Å². The van der Waals surface area contributed by atoms with E-state index in [0.717, 1.165) is 0 Å². The van der Waals surface area contributed by atoms with Gasteiger partial charge in [0.05, 0.1) is 13.2 Å². The fourth-order valence-corrected chi connectivity index (χ4v) is 2.07. The van der Waals surface area contributed by atoms with Crippen molar-refractivity contribution in [2.24, 2.45) is 0 Å². The summed E-state index contributed by atoms with van der Waals surface area (Å²) < 4.78 is 52.1. The lowest BCUT2D eigenvalue weighted by molar-refractivity contribution is -0.150. The first kappa shape index (κ1) is 25.3. The fourth-order valence-electron chi connectivity index (χ4n) is 2.07. The zero-order chi connectivity index (χ0) is 22.6. The maximum Gasteiger partial charge on any atom is 0.408 e. The molecule has 1 atom stereocenters. The highest BCUT2D eigenvalue weighted by Gasteiger charge is 2.28. The van der Waals surface area contributed by atoms with Crippen LogP contribution in [0.25, 0.3) is 0 Å². The Hall–Kier alpha value is -2.72. The number of carbonyl (C=O) groups excluding carboxylic acids is 2. The van der Waals surface area contributed by atoms with Gasteiger partial charge in [0.1, 0.15) is 12.1 Å². The van der Waals surface area contributed by atoms with Crippen LogP contribution in [-0.2, 0) is 28.5 Å². The highest BCUT2D eigenvalue weighted by Crippen LogP contribution is 2.30. The summed E-state index contributed by atoms with van der Waals surface area (Å²) in [6, 6.07) is 7.86. The number of ether oxygens (including phenoxy) is 5. The van der Waals surface area contributed by atoms with Crippen LogP contribution in [0.1, 0.15) is 32.4 Å². The lowest BCUT2D eigenvalue weighted by atomic mass is 10.1. The minimum absolute atomic E-state index is 0.132. The molecule has 0 fully saturated rings. The number of methoxy groups -OCH3 is 1. The van der Waals surface area contributed by atoms with E-state index in [2.05, 4.69) is 5.32 Å². The quantitative estimate of drug-likeness (QED) is 0.248. The summed E-state index contributed by atoms with van der Waals surface area (Å²) in [5.74, 6) is -1.83. The number of rotatable bonds is 11. The Kier molecular flexibility index (Phi) is 10.8. The molecular weight excluding hydrogens is 404 g/mol. The summed E-state index contributed by atoms with van der Waals surface area (Å²) in [7, 11) is 1.47. The van der Waals surface area contributed by atoms with Crippen LogP contribution in [0.4, 0.5) is 13.6 Å². The minimum Gasteiger partial charge on any atom is -0.462 e. The molecule has 168 valence electrons. The van der Waals surface area contributed by atoms with Gasteiger partial charge in [-0.3, -0.25) is 4.79 Å². The van der Waals surface area contributed by atoms with Gasteiger partial charge in [-0.25, -0.2) is 4.79 Å². The molecule has 0 radical (unpaired) electrons. The molecule has 0 saturated carbocycles. The second-order valence-corrected chi connectivity index (χ2v) is 6.92. The van der Waals surface area contributed by atoms with Crippen molar-refractivity contribution in [1.82, 2.24) is 5.32 Å². The number of alkyl carbamates (subject to hydrolysis) is 1. The van der Waals surface area contributed by atoms with Crippen LogP contribution in [0.5, 0.6) is 0 Å². The van der Waals surface area contributed by atoms with E-state index in [0.29, 0.717) is 0 Å².